The van der Waals surface area contributed by atoms with Crippen molar-refractivity contribution in [3.05, 3.63) is 41.2 Å². The third-order valence-corrected chi connectivity index (χ3v) is 6.55. The number of benzene rings is 1. The number of ether oxygens (including phenoxy) is 2. The summed E-state index contributed by atoms with van der Waals surface area (Å²) in [5.74, 6) is -0.0564. The molecule has 2 nitrogen and oxygen atoms in total. The van der Waals surface area contributed by atoms with Gasteiger partial charge in [-0.3, -0.25) is 0 Å². The van der Waals surface area contributed by atoms with Crippen LogP contribution in [0.2, 0.25) is 0 Å². The lowest BCUT2D eigenvalue weighted by atomic mass is 9.82. The first-order valence-corrected chi connectivity index (χ1v) is 11.6. The molecule has 3 rings (SSSR count). The van der Waals surface area contributed by atoms with Gasteiger partial charge in [0.15, 0.2) is 0 Å². The lowest BCUT2D eigenvalue weighted by Gasteiger charge is -2.29. The Morgan fingerprint density at radius 2 is 1.71 bits per heavy atom. The van der Waals surface area contributed by atoms with Crippen LogP contribution in [0, 0.1) is 23.6 Å². The highest BCUT2D eigenvalue weighted by atomic mass is 19.4. The van der Waals surface area contributed by atoms with Gasteiger partial charge in [-0.2, -0.15) is 13.2 Å². The lowest BCUT2D eigenvalue weighted by Crippen LogP contribution is -2.22. The molecule has 1 aromatic carbocycles. The predicted molar refractivity (Wildman–Crippen MR) is 113 cm³/mol. The molecule has 0 bridgehead atoms. The zero-order chi connectivity index (χ0) is 22.4. The summed E-state index contributed by atoms with van der Waals surface area (Å²) >= 11 is 0. The molecule has 1 aromatic rings. The van der Waals surface area contributed by atoms with Crippen LogP contribution in [0.3, 0.4) is 0 Å². The topological polar surface area (TPSA) is 18.5 Å². The normalized spacial score (nSPS) is 27.5. The van der Waals surface area contributed by atoms with Gasteiger partial charge < -0.3 is 9.47 Å². The summed E-state index contributed by atoms with van der Waals surface area (Å²) in [5.41, 5.74) is -1.35. The average molecular weight is 443 g/mol. The number of hydrogen-bond acceptors (Lipinski definition) is 2. The maximum Gasteiger partial charge on any atom is 0.422 e. The number of rotatable bonds is 7. The monoisotopic (exact) mass is 442 g/mol. The fourth-order valence-corrected chi connectivity index (χ4v) is 4.50. The molecule has 2 aliphatic rings. The highest BCUT2D eigenvalue weighted by molar-refractivity contribution is 5.42. The van der Waals surface area contributed by atoms with Crippen molar-refractivity contribution >= 4 is 0 Å². The van der Waals surface area contributed by atoms with E-state index < -0.39 is 29.4 Å². The van der Waals surface area contributed by atoms with Gasteiger partial charge in [-0.1, -0.05) is 45.3 Å². The van der Waals surface area contributed by atoms with E-state index in [4.69, 9.17) is 9.47 Å². The van der Waals surface area contributed by atoms with Gasteiger partial charge in [0.1, 0.15) is 17.1 Å². The van der Waals surface area contributed by atoms with Gasteiger partial charge in [-0.05, 0) is 56.1 Å². The Morgan fingerprint density at radius 1 is 1.03 bits per heavy atom. The summed E-state index contributed by atoms with van der Waals surface area (Å²) in [4.78, 5) is 0. The summed E-state index contributed by atoms with van der Waals surface area (Å²) in [7, 11) is 0. The summed E-state index contributed by atoms with van der Waals surface area (Å²) in [6.45, 7) is 4.74. The van der Waals surface area contributed by atoms with E-state index in [0.717, 1.165) is 18.8 Å². The fourth-order valence-electron chi connectivity index (χ4n) is 4.50. The summed E-state index contributed by atoms with van der Waals surface area (Å²) in [6.07, 6.45) is 6.62. The van der Waals surface area contributed by atoms with E-state index in [-0.39, 0.29) is 18.1 Å². The van der Waals surface area contributed by atoms with Crippen molar-refractivity contribution in [1.82, 2.24) is 0 Å². The van der Waals surface area contributed by atoms with E-state index >= 15 is 0 Å². The molecule has 174 valence electrons. The minimum Gasteiger partial charge on any atom is -0.493 e. The van der Waals surface area contributed by atoms with Crippen LogP contribution < -0.4 is 4.74 Å². The number of hydrogen-bond donors (Lipinski definition) is 0. The van der Waals surface area contributed by atoms with Gasteiger partial charge in [0.25, 0.3) is 0 Å². The van der Waals surface area contributed by atoms with Crippen LogP contribution in [0.15, 0.2) is 24.3 Å². The molecule has 1 aliphatic carbocycles. The predicted octanol–water partition coefficient (Wildman–Crippen LogP) is 7.87. The van der Waals surface area contributed by atoms with Gasteiger partial charge in [-0.15, -0.1) is 0 Å². The van der Waals surface area contributed by atoms with Crippen molar-refractivity contribution in [3.63, 3.8) is 0 Å². The highest BCUT2D eigenvalue weighted by Crippen LogP contribution is 2.43. The molecule has 0 aromatic heterocycles. The Balaban J connectivity index is 1.64. The Kier molecular flexibility index (Phi) is 8.43. The molecule has 31 heavy (non-hydrogen) atoms. The molecule has 0 radical (unpaired) electrons. The van der Waals surface area contributed by atoms with Crippen molar-refractivity contribution in [1.29, 1.82) is 0 Å². The number of halogens is 4. The van der Waals surface area contributed by atoms with E-state index in [0.29, 0.717) is 25.4 Å². The van der Waals surface area contributed by atoms with Crippen LogP contribution in [0.1, 0.15) is 82.4 Å². The van der Waals surface area contributed by atoms with Crippen LogP contribution >= 0.6 is 0 Å². The van der Waals surface area contributed by atoms with Crippen molar-refractivity contribution < 1.29 is 27.0 Å². The minimum atomic E-state index is -4.82. The maximum atomic E-state index is 14.9. The molecule has 2 atom stereocenters. The van der Waals surface area contributed by atoms with Gasteiger partial charge in [-0.25, -0.2) is 4.39 Å². The summed E-state index contributed by atoms with van der Waals surface area (Å²) in [6, 6.07) is 2.62. The van der Waals surface area contributed by atoms with E-state index in [9.17, 15) is 17.6 Å². The first kappa shape index (κ1) is 24.1. The molecule has 2 fully saturated rings. The molecule has 1 heterocycles. The SMILES string of the molecule is CCCCOc1ccc(C2CCC(/C=C/C3CCC(C)CC3)CO2)c(F)c1C(F)(F)F. The van der Waals surface area contributed by atoms with Crippen molar-refractivity contribution in [3.8, 4) is 5.75 Å². The maximum absolute atomic E-state index is 14.9. The molecule has 0 spiro atoms. The van der Waals surface area contributed by atoms with E-state index in [2.05, 4.69) is 19.1 Å². The van der Waals surface area contributed by atoms with Crippen LogP contribution in [0.5, 0.6) is 5.75 Å². The van der Waals surface area contributed by atoms with Crippen LogP contribution in [0.4, 0.5) is 17.6 Å². The second kappa shape index (κ2) is 10.8. The molecule has 2 unspecified atom stereocenters. The first-order chi connectivity index (χ1) is 14.8. The fraction of sp³-hybridized carbons (Fsp3) is 0.680. The smallest absolute Gasteiger partial charge is 0.422 e. The Bertz CT molecular complexity index is 728. The van der Waals surface area contributed by atoms with Crippen molar-refractivity contribution in [2.75, 3.05) is 13.2 Å². The van der Waals surface area contributed by atoms with Crippen molar-refractivity contribution in [2.45, 2.75) is 77.5 Å². The second-order valence-electron chi connectivity index (χ2n) is 9.11. The standard InChI is InChI=1S/C25H34F4O2/c1-3-4-15-30-22-14-12-20(24(26)23(22)25(27,28)29)21-13-11-19(16-31-21)10-9-18-7-5-17(2)6-8-18/h9-10,12,14,17-19,21H,3-8,11,13,15-16H2,1-2H3/b10-9+. The third-order valence-electron chi connectivity index (χ3n) is 6.55. The van der Waals surface area contributed by atoms with Crippen LogP contribution in [-0.2, 0) is 10.9 Å². The van der Waals surface area contributed by atoms with Gasteiger partial charge >= 0.3 is 6.18 Å². The van der Waals surface area contributed by atoms with E-state index in [1.54, 1.807) is 0 Å². The number of unbranched alkanes of at least 4 members (excludes halogenated alkanes) is 1. The molecular weight excluding hydrogens is 408 g/mol. The molecule has 6 heteroatoms. The zero-order valence-electron chi connectivity index (χ0n) is 18.5. The lowest BCUT2D eigenvalue weighted by molar-refractivity contribution is -0.141. The quantitative estimate of drug-likeness (QED) is 0.243. The Hall–Kier alpha value is -1.56. The first-order valence-electron chi connectivity index (χ1n) is 11.6. The number of allylic oxidation sites excluding steroid dienone is 1. The van der Waals surface area contributed by atoms with Crippen LogP contribution in [-0.4, -0.2) is 13.2 Å². The average Bonchev–Trinajstić information content (AvgIpc) is 2.73. The second-order valence-corrected chi connectivity index (χ2v) is 9.11. The molecule has 1 saturated carbocycles. The van der Waals surface area contributed by atoms with E-state index in [1.165, 1.54) is 37.8 Å². The highest BCUT2D eigenvalue weighted by Gasteiger charge is 2.40. The van der Waals surface area contributed by atoms with Gasteiger partial charge in [0.05, 0.1) is 19.3 Å². The molecular formula is C25H34F4O2. The summed E-state index contributed by atoms with van der Waals surface area (Å²) in [5, 5.41) is 0. The Labute approximate surface area is 183 Å². The Morgan fingerprint density at radius 3 is 2.32 bits per heavy atom. The molecule has 1 saturated heterocycles. The third kappa shape index (κ3) is 6.47. The van der Waals surface area contributed by atoms with Crippen LogP contribution in [0.25, 0.3) is 0 Å². The molecule has 0 amide bonds. The molecule has 0 N–H and O–H groups in total. The largest absolute Gasteiger partial charge is 0.493 e. The van der Waals surface area contributed by atoms with Crippen molar-refractivity contribution in [2.24, 2.45) is 17.8 Å². The summed E-state index contributed by atoms with van der Waals surface area (Å²) < 4.78 is 66.7. The van der Waals surface area contributed by atoms with Gasteiger partial charge in [0.2, 0.25) is 0 Å². The zero-order valence-corrected chi connectivity index (χ0v) is 18.5. The minimum absolute atomic E-state index is 0.0288. The van der Waals surface area contributed by atoms with Gasteiger partial charge in [0, 0.05) is 11.5 Å². The molecule has 1 aliphatic heterocycles. The van der Waals surface area contributed by atoms with E-state index in [1.807, 2.05) is 6.92 Å². The number of alkyl halides is 3.